The van der Waals surface area contributed by atoms with Crippen LogP contribution in [0.1, 0.15) is 111 Å². The van der Waals surface area contributed by atoms with E-state index in [1.165, 1.54) is 36.9 Å². The quantitative estimate of drug-likeness (QED) is 0.134. The topological polar surface area (TPSA) is 32.9 Å². The van der Waals surface area contributed by atoms with Gasteiger partial charge in [-0.3, -0.25) is 0 Å². The highest BCUT2D eigenvalue weighted by atomic mass is 28.3. The zero-order valence-corrected chi connectivity index (χ0v) is 34.6. The maximum atomic E-state index is 6.72. The van der Waals surface area contributed by atoms with Crippen LogP contribution in [0.25, 0.3) is 33.3 Å². The molecule has 8 rings (SSSR count). The van der Waals surface area contributed by atoms with E-state index in [1.54, 1.807) is 33.0 Å². The standard InChI is InChI=1S/C48H59N3OSi/c1-11-25-50-31(4)26-41-36(22-19-33-20-24-38-39-21-17-30(3)49-47(39)52-46(38)44(33)40(50)12-2)37-23-18-32-15-13-14-16-35(32)45(37)42-27-34(28-48(5,6)7)43(29-51(41)42)53(8,9)10/h12,17-18,20-21,23-24,27,29,36,41H,2,4,11,13-16,19,22,25-26,28H2,1,3,5-10H3/q+2/b50-40-. The Kier molecular flexibility index (Phi) is 9.04. The molecule has 2 aromatic carbocycles. The van der Waals surface area contributed by atoms with Gasteiger partial charge in [-0.15, -0.1) is 0 Å². The van der Waals surface area contributed by atoms with Gasteiger partial charge in [0.25, 0.3) is 0 Å². The molecule has 5 heteroatoms. The first kappa shape index (κ1) is 35.9. The number of allylic oxidation sites excluding steroid dienone is 2. The Hall–Kier alpha value is -4.09. The summed E-state index contributed by atoms with van der Waals surface area (Å²) >= 11 is 0. The van der Waals surface area contributed by atoms with Crippen LogP contribution in [0.4, 0.5) is 0 Å². The third-order valence-electron chi connectivity index (χ3n) is 12.2. The molecule has 2 aliphatic heterocycles. The Morgan fingerprint density at radius 3 is 2.45 bits per heavy atom. The molecule has 0 spiro atoms. The molecular formula is C48H59N3OSi+2. The van der Waals surface area contributed by atoms with Crippen molar-refractivity contribution in [3.63, 3.8) is 0 Å². The lowest BCUT2D eigenvalue weighted by Gasteiger charge is -2.35. The molecule has 1 aliphatic carbocycles. The molecule has 53 heavy (non-hydrogen) atoms. The third-order valence-corrected chi connectivity index (χ3v) is 14.3. The summed E-state index contributed by atoms with van der Waals surface area (Å²) in [6, 6.07) is 16.8. The number of hydrogen-bond acceptors (Lipinski definition) is 2. The van der Waals surface area contributed by atoms with Crippen molar-refractivity contribution in [3.8, 4) is 11.3 Å². The van der Waals surface area contributed by atoms with Gasteiger partial charge in [0.05, 0.1) is 25.6 Å². The zero-order chi connectivity index (χ0) is 37.4. The van der Waals surface area contributed by atoms with Crippen molar-refractivity contribution in [3.05, 3.63) is 113 Å². The van der Waals surface area contributed by atoms with Gasteiger partial charge in [0.15, 0.2) is 23.5 Å². The second-order valence-corrected chi connectivity index (χ2v) is 23.5. The van der Waals surface area contributed by atoms with Crippen molar-refractivity contribution in [1.29, 1.82) is 0 Å². The summed E-state index contributed by atoms with van der Waals surface area (Å²) in [6.07, 6.45) is 14.6. The summed E-state index contributed by atoms with van der Waals surface area (Å²) in [7, 11) is -1.69. The van der Waals surface area contributed by atoms with Crippen molar-refractivity contribution in [1.82, 2.24) is 4.98 Å². The Labute approximate surface area is 318 Å². The molecule has 274 valence electrons. The van der Waals surface area contributed by atoms with E-state index < -0.39 is 8.07 Å². The number of aromatic nitrogens is 2. The molecule has 0 N–H and O–H groups in total. The van der Waals surface area contributed by atoms with Crippen LogP contribution in [0.15, 0.2) is 78.0 Å². The minimum Gasteiger partial charge on any atom is -0.437 e. The average Bonchev–Trinajstić information content (AvgIpc) is 3.47. The maximum Gasteiger partial charge on any atom is 0.227 e. The monoisotopic (exact) mass is 721 g/mol. The molecule has 2 unspecified atom stereocenters. The number of fused-ring (bicyclic) bond motifs is 13. The van der Waals surface area contributed by atoms with Crippen LogP contribution in [-0.2, 0) is 25.7 Å². The van der Waals surface area contributed by atoms with Gasteiger partial charge in [0.2, 0.25) is 17.1 Å². The van der Waals surface area contributed by atoms with Crippen molar-refractivity contribution in [2.24, 2.45) is 5.41 Å². The number of pyridine rings is 2. The van der Waals surface area contributed by atoms with Gasteiger partial charge in [-0.2, -0.15) is 9.14 Å². The predicted molar refractivity (Wildman–Crippen MR) is 225 cm³/mol. The van der Waals surface area contributed by atoms with E-state index >= 15 is 0 Å². The van der Waals surface area contributed by atoms with E-state index in [1.807, 2.05) is 6.92 Å². The van der Waals surface area contributed by atoms with Gasteiger partial charge in [-0.25, -0.2) is 4.98 Å². The summed E-state index contributed by atoms with van der Waals surface area (Å²) in [5.41, 5.74) is 16.8. The summed E-state index contributed by atoms with van der Waals surface area (Å²) in [4.78, 5) is 4.81. The summed E-state index contributed by atoms with van der Waals surface area (Å²) in [5, 5.41) is 3.79. The molecule has 5 aromatic rings. The van der Waals surface area contributed by atoms with E-state index in [2.05, 4.69) is 118 Å². The van der Waals surface area contributed by atoms with E-state index in [-0.39, 0.29) is 11.5 Å². The second kappa shape index (κ2) is 13.3. The minimum absolute atomic E-state index is 0.208. The number of nitrogens with zero attached hydrogens (tertiary/aromatic N) is 3. The number of rotatable bonds is 5. The van der Waals surface area contributed by atoms with Gasteiger partial charge in [-0.05, 0) is 104 Å². The Bertz CT molecular complexity index is 2340. The van der Waals surface area contributed by atoms with Crippen molar-refractivity contribution < 1.29 is 13.6 Å². The molecule has 0 amide bonds. The van der Waals surface area contributed by atoms with Crippen LogP contribution >= 0.6 is 0 Å². The lowest BCUT2D eigenvalue weighted by atomic mass is 9.73. The fourth-order valence-corrected chi connectivity index (χ4v) is 11.6. The van der Waals surface area contributed by atoms with Gasteiger partial charge in [0.1, 0.15) is 6.54 Å². The van der Waals surface area contributed by atoms with Crippen LogP contribution in [0.3, 0.4) is 0 Å². The second-order valence-electron chi connectivity index (χ2n) is 18.5. The molecule has 3 aliphatic rings. The third kappa shape index (κ3) is 6.27. The molecule has 0 saturated carbocycles. The Morgan fingerprint density at radius 1 is 0.962 bits per heavy atom. The van der Waals surface area contributed by atoms with Crippen LogP contribution < -0.4 is 9.75 Å². The van der Waals surface area contributed by atoms with Gasteiger partial charge < -0.3 is 4.42 Å². The van der Waals surface area contributed by atoms with Gasteiger partial charge in [-0.1, -0.05) is 78.2 Å². The largest absolute Gasteiger partial charge is 0.437 e. The van der Waals surface area contributed by atoms with Crippen LogP contribution in [0, 0.1) is 12.3 Å². The molecule has 0 bridgehead atoms. The number of benzene rings is 2. The van der Waals surface area contributed by atoms with Crippen LogP contribution in [0.5, 0.6) is 0 Å². The summed E-state index contributed by atoms with van der Waals surface area (Å²) in [6.45, 7) is 29.3. The first-order chi connectivity index (χ1) is 25.3. The highest BCUT2D eigenvalue weighted by Crippen LogP contribution is 2.47. The van der Waals surface area contributed by atoms with E-state index in [0.717, 1.165) is 77.7 Å². The first-order valence-corrected chi connectivity index (χ1v) is 23.8. The summed E-state index contributed by atoms with van der Waals surface area (Å²) in [5.74, 6) is 0.353. The first-order valence-electron chi connectivity index (χ1n) is 20.3. The average molecular weight is 722 g/mol. The number of furan rings is 1. The molecule has 3 aromatic heterocycles. The maximum absolute atomic E-state index is 6.72. The van der Waals surface area contributed by atoms with Crippen molar-refractivity contribution in [2.45, 2.75) is 124 Å². The van der Waals surface area contributed by atoms with E-state index in [0.29, 0.717) is 11.6 Å². The van der Waals surface area contributed by atoms with Crippen molar-refractivity contribution in [2.75, 3.05) is 6.54 Å². The lowest BCUT2D eigenvalue weighted by Crippen LogP contribution is -2.54. The van der Waals surface area contributed by atoms with Crippen LogP contribution in [-0.4, -0.2) is 29.9 Å². The van der Waals surface area contributed by atoms with Crippen molar-refractivity contribution >= 4 is 41.0 Å². The number of hydrogen-bond donors (Lipinski definition) is 0. The smallest absolute Gasteiger partial charge is 0.227 e. The van der Waals surface area contributed by atoms with Gasteiger partial charge >= 0.3 is 0 Å². The molecule has 0 radical (unpaired) electrons. The highest BCUT2D eigenvalue weighted by molar-refractivity contribution is 6.89. The Morgan fingerprint density at radius 2 is 1.72 bits per heavy atom. The molecular weight excluding hydrogens is 663 g/mol. The van der Waals surface area contributed by atoms with E-state index in [9.17, 15) is 0 Å². The SMILES string of the molecule is C=C/C1=[N+](\CCC)C(=C)CC2C(CCc3ccc4c(oc5nc(C)ccc54)c31)c1ccc3c(c1-c1cc(CC(C)(C)C)c([Si](C)(C)C)c[n+]12)CCCC3. The summed E-state index contributed by atoms with van der Waals surface area (Å²) < 4.78 is 12.0. The fraction of sp³-hybridized carbons (Fsp3) is 0.438. The zero-order valence-electron chi connectivity index (χ0n) is 33.6. The normalized spacial score (nSPS) is 20.4. The molecule has 0 fully saturated rings. The highest BCUT2D eigenvalue weighted by Gasteiger charge is 2.45. The van der Waals surface area contributed by atoms with Crippen LogP contribution in [0.2, 0.25) is 19.6 Å². The van der Waals surface area contributed by atoms with Gasteiger partial charge in [0, 0.05) is 46.1 Å². The number of aryl methyl sites for hydroxylation is 3. The minimum atomic E-state index is -1.69. The predicted octanol–water partition coefficient (Wildman–Crippen LogP) is 10.8. The lowest BCUT2D eigenvalue weighted by molar-refractivity contribution is -0.719. The molecule has 0 saturated heterocycles. The molecule has 5 heterocycles. The molecule has 2 atom stereocenters. The molecule has 4 nitrogen and oxygen atoms in total. The Balaban J connectivity index is 1.39. The fourth-order valence-electron chi connectivity index (χ4n) is 9.95. The van der Waals surface area contributed by atoms with E-state index in [4.69, 9.17) is 16.0 Å².